The van der Waals surface area contributed by atoms with Gasteiger partial charge >= 0.3 is 5.97 Å². The molecule has 0 aromatic carbocycles. The zero-order valence-electron chi connectivity index (χ0n) is 15.2. The average Bonchev–Trinajstić information content (AvgIpc) is 2.83. The molecule has 0 amide bonds. The van der Waals surface area contributed by atoms with Gasteiger partial charge in [-0.1, -0.05) is 13.8 Å². The summed E-state index contributed by atoms with van der Waals surface area (Å²) in [6.07, 6.45) is 1.17. The highest BCUT2D eigenvalue weighted by molar-refractivity contribution is 9.13. The second kappa shape index (κ2) is 7.00. The van der Waals surface area contributed by atoms with E-state index in [-0.39, 0.29) is 17.8 Å². The zero-order valence-corrected chi connectivity index (χ0v) is 18.3. The summed E-state index contributed by atoms with van der Waals surface area (Å²) in [5, 5.41) is 3.29. The van der Waals surface area contributed by atoms with Crippen LogP contribution >= 0.6 is 31.9 Å². The number of carbonyl (C=O) groups excluding carboxylic acids is 2. The van der Waals surface area contributed by atoms with E-state index in [1.807, 2.05) is 6.92 Å². The lowest BCUT2D eigenvalue weighted by Gasteiger charge is -2.38. The standard InChI is InChI=1S/C19H21Br2NO4/c1-5-25-18(24)14-9(2)22-11-7-19(3,4)8-12(23)15(11)16(14)13-6-10(20)17(21)26-13/h6,16,22H,5,7-8H2,1-4H3. The molecule has 0 bridgehead atoms. The first kappa shape index (κ1) is 19.4. The third-order valence-corrected chi connectivity index (χ3v) is 6.39. The molecule has 0 saturated heterocycles. The maximum absolute atomic E-state index is 13.0. The Morgan fingerprint density at radius 1 is 1.38 bits per heavy atom. The second-order valence-electron chi connectivity index (χ2n) is 7.42. The van der Waals surface area contributed by atoms with E-state index in [1.54, 1.807) is 13.0 Å². The molecule has 2 aliphatic rings. The summed E-state index contributed by atoms with van der Waals surface area (Å²) in [5.74, 6) is -0.438. The van der Waals surface area contributed by atoms with Crippen molar-refractivity contribution in [2.45, 2.75) is 46.5 Å². The van der Waals surface area contributed by atoms with Crippen molar-refractivity contribution in [1.29, 1.82) is 0 Å². The molecule has 26 heavy (non-hydrogen) atoms. The van der Waals surface area contributed by atoms with Crippen molar-refractivity contribution in [3.8, 4) is 0 Å². The number of furan rings is 1. The highest BCUT2D eigenvalue weighted by Crippen LogP contribution is 2.48. The van der Waals surface area contributed by atoms with Gasteiger partial charge in [-0.25, -0.2) is 4.79 Å². The number of nitrogens with one attached hydrogen (secondary N) is 1. The Labute approximate surface area is 169 Å². The Morgan fingerprint density at radius 3 is 2.65 bits per heavy atom. The van der Waals surface area contributed by atoms with Crippen molar-refractivity contribution in [3.63, 3.8) is 0 Å². The fourth-order valence-corrected chi connectivity index (χ4v) is 4.31. The Balaban J connectivity index is 2.18. The van der Waals surface area contributed by atoms with Crippen molar-refractivity contribution < 1.29 is 18.7 Å². The van der Waals surface area contributed by atoms with Crippen LogP contribution in [0.25, 0.3) is 0 Å². The molecular weight excluding hydrogens is 466 g/mol. The van der Waals surface area contributed by atoms with Gasteiger partial charge in [-0.3, -0.25) is 4.79 Å². The number of hydrogen-bond donors (Lipinski definition) is 1. The molecule has 1 N–H and O–H groups in total. The molecule has 2 heterocycles. The second-order valence-corrected chi connectivity index (χ2v) is 9.00. The zero-order chi connectivity index (χ0) is 19.2. The molecule has 1 aromatic rings. The molecule has 7 heteroatoms. The molecule has 0 fully saturated rings. The normalized spacial score (nSPS) is 22.2. The summed E-state index contributed by atoms with van der Waals surface area (Å²) in [6.45, 7) is 8.01. The summed E-state index contributed by atoms with van der Waals surface area (Å²) in [6, 6.07) is 1.80. The van der Waals surface area contributed by atoms with Crippen molar-refractivity contribution >= 4 is 43.6 Å². The van der Waals surface area contributed by atoms with Crippen LogP contribution in [0.3, 0.4) is 0 Å². The first-order chi connectivity index (χ1) is 12.1. The molecule has 0 saturated carbocycles. The van der Waals surface area contributed by atoms with Crippen LogP contribution in [-0.4, -0.2) is 18.4 Å². The molecular formula is C19H21Br2NO4. The maximum atomic E-state index is 13.0. The van der Waals surface area contributed by atoms with Gasteiger partial charge in [0.1, 0.15) is 5.76 Å². The maximum Gasteiger partial charge on any atom is 0.336 e. The van der Waals surface area contributed by atoms with Crippen molar-refractivity contribution in [2.75, 3.05) is 6.61 Å². The molecule has 1 aliphatic carbocycles. The van der Waals surface area contributed by atoms with Crippen LogP contribution in [0.5, 0.6) is 0 Å². The van der Waals surface area contributed by atoms with Crippen molar-refractivity contribution in [1.82, 2.24) is 5.32 Å². The summed E-state index contributed by atoms with van der Waals surface area (Å²) in [5.41, 5.74) is 2.46. The minimum atomic E-state index is -0.573. The average molecular weight is 487 g/mol. The van der Waals surface area contributed by atoms with Crippen LogP contribution in [0.4, 0.5) is 0 Å². The van der Waals surface area contributed by atoms with Crippen LogP contribution in [0.2, 0.25) is 0 Å². The van der Waals surface area contributed by atoms with E-state index in [1.165, 1.54) is 0 Å². The molecule has 0 spiro atoms. The molecule has 1 atom stereocenters. The number of halogens is 2. The summed E-state index contributed by atoms with van der Waals surface area (Å²) in [4.78, 5) is 25.7. The van der Waals surface area contributed by atoms with Crippen LogP contribution in [0.15, 0.2) is 42.2 Å². The quantitative estimate of drug-likeness (QED) is 0.610. The highest BCUT2D eigenvalue weighted by Gasteiger charge is 2.44. The number of dihydropyridines is 1. The lowest BCUT2D eigenvalue weighted by molar-refractivity contribution is -0.138. The minimum Gasteiger partial charge on any atom is -0.463 e. The SMILES string of the molecule is CCOC(=O)C1=C(C)NC2=C(C(=O)CC(C)(C)C2)C1c1cc(Br)c(Br)o1. The molecule has 0 radical (unpaired) electrons. The van der Waals surface area contributed by atoms with E-state index in [9.17, 15) is 9.59 Å². The number of esters is 1. The molecule has 5 nitrogen and oxygen atoms in total. The van der Waals surface area contributed by atoms with Gasteiger partial charge in [-0.15, -0.1) is 0 Å². The number of allylic oxidation sites excluding steroid dienone is 3. The summed E-state index contributed by atoms with van der Waals surface area (Å²) < 4.78 is 12.3. The van der Waals surface area contributed by atoms with E-state index < -0.39 is 11.9 Å². The Hall–Kier alpha value is -1.34. The van der Waals surface area contributed by atoms with Crippen molar-refractivity contribution in [3.05, 3.63) is 43.5 Å². The minimum absolute atomic E-state index is 0.0340. The highest BCUT2D eigenvalue weighted by atomic mass is 79.9. The molecule has 1 unspecified atom stereocenters. The fourth-order valence-electron chi connectivity index (χ4n) is 3.71. The van der Waals surface area contributed by atoms with Gasteiger partial charge in [0, 0.05) is 23.4 Å². The van der Waals surface area contributed by atoms with Crippen LogP contribution < -0.4 is 5.32 Å². The van der Waals surface area contributed by atoms with Gasteiger partial charge in [-0.05, 0) is 63.6 Å². The lowest BCUT2D eigenvalue weighted by Crippen LogP contribution is -2.38. The first-order valence-electron chi connectivity index (χ1n) is 8.50. The number of ketones is 1. The predicted octanol–water partition coefficient (Wildman–Crippen LogP) is 4.97. The van der Waals surface area contributed by atoms with Crippen molar-refractivity contribution in [2.24, 2.45) is 5.41 Å². The Kier molecular flexibility index (Phi) is 5.23. The van der Waals surface area contributed by atoms with E-state index in [0.717, 1.165) is 16.6 Å². The molecule has 140 valence electrons. The Bertz CT molecular complexity index is 828. The summed E-state index contributed by atoms with van der Waals surface area (Å²) >= 11 is 6.76. The van der Waals surface area contributed by atoms with Gasteiger partial charge in [0.15, 0.2) is 10.5 Å². The van der Waals surface area contributed by atoms with Gasteiger partial charge in [-0.2, -0.15) is 0 Å². The van der Waals surface area contributed by atoms with Crippen LogP contribution in [0.1, 0.15) is 52.2 Å². The number of carbonyl (C=O) groups is 2. The third kappa shape index (κ3) is 3.43. The molecule has 1 aliphatic heterocycles. The Morgan fingerprint density at radius 2 is 2.08 bits per heavy atom. The molecule has 1 aromatic heterocycles. The smallest absolute Gasteiger partial charge is 0.336 e. The first-order valence-corrected chi connectivity index (χ1v) is 10.1. The van der Waals surface area contributed by atoms with E-state index in [2.05, 4.69) is 51.0 Å². The van der Waals surface area contributed by atoms with Crippen LogP contribution in [0, 0.1) is 5.41 Å². The van der Waals surface area contributed by atoms with Crippen LogP contribution in [-0.2, 0) is 14.3 Å². The number of rotatable bonds is 3. The van der Waals surface area contributed by atoms with E-state index >= 15 is 0 Å². The van der Waals surface area contributed by atoms with Gasteiger partial charge in [0.2, 0.25) is 0 Å². The molecule has 3 rings (SSSR count). The summed E-state index contributed by atoms with van der Waals surface area (Å²) in [7, 11) is 0. The van der Waals surface area contributed by atoms with Gasteiger partial charge in [0.25, 0.3) is 0 Å². The fraction of sp³-hybridized carbons (Fsp3) is 0.474. The number of Topliss-reactive ketones (excluding diaryl/α,β-unsaturated/α-hetero) is 1. The predicted molar refractivity (Wildman–Crippen MR) is 104 cm³/mol. The topological polar surface area (TPSA) is 68.5 Å². The monoisotopic (exact) mass is 485 g/mol. The van der Waals surface area contributed by atoms with Gasteiger partial charge < -0.3 is 14.5 Å². The van der Waals surface area contributed by atoms with Gasteiger partial charge in [0.05, 0.1) is 22.6 Å². The van der Waals surface area contributed by atoms with E-state index in [4.69, 9.17) is 9.15 Å². The number of ether oxygens (including phenoxy) is 1. The largest absolute Gasteiger partial charge is 0.463 e. The number of hydrogen-bond acceptors (Lipinski definition) is 5. The lowest BCUT2D eigenvalue weighted by atomic mass is 9.69. The van der Waals surface area contributed by atoms with E-state index in [0.29, 0.717) is 33.7 Å². The third-order valence-electron chi connectivity index (χ3n) is 4.68.